The van der Waals surface area contributed by atoms with E-state index in [2.05, 4.69) is 148 Å². The van der Waals surface area contributed by atoms with E-state index < -0.39 is 6.10 Å². The van der Waals surface area contributed by atoms with Gasteiger partial charge >= 0.3 is 11.9 Å². The first-order chi connectivity index (χ1) is 38.6. The smallest absolute Gasteiger partial charge is 0.306 e. The Morgan fingerprint density at radius 1 is 0.308 bits per heavy atom. The standard InChI is InChI=1S/C73H122O5/c1-3-5-7-9-11-13-15-17-19-21-23-25-27-29-31-33-35-36-38-40-42-44-46-48-50-52-54-56-58-60-62-64-66-68-73(76)78-71(69-74)70-77-72(75)67-65-63-61-59-57-55-53-51-49-47-45-43-41-39-37-34-32-30-28-26-24-22-20-18-16-14-12-10-8-6-4-2/h5,7,11,13,17,19,22-25,29,31,35-36,40,42,46,48,52,54,58,60,71,74H,3-4,6,8-10,12,14-16,18,20-21,26-28,30,32-34,37-39,41,43-45,47,49-51,53,55-57,59,61-70H2,1-2H3/b7-5-,13-11-,19-17-,24-22-,25-23-,31-29-,36-35-,42-40-,48-46-,54-52-,60-58-. The number of aliphatic hydroxyl groups excluding tert-OH is 1. The molecule has 0 aromatic carbocycles. The molecule has 5 nitrogen and oxygen atoms in total. The van der Waals surface area contributed by atoms with Gasteiger partial charge in [-0.3, -0.25) is 9.59 Å². The van der Waals surface area contributed by atoms with Gasteiger partial charge in [-0.2, -0.15) is 0 Å². The van der Waals surface area contributed by atoms with Crippen molar-refractivity contribution in [2.45, 2.75) is 302 Å². The van der Waals surface area contributed by atoms with E-state index in [4.69, 9.17) is 9.47 Å². The summed E-state index contributed by atoms with van der Waals surface area (Å²) in [4.78, 5) is 24.6. The highest BCUT2D eigenvalue weighted by molar-refractivity contribution is 5.70. The molecular formula is C73H122O5. The molecule has 0 heterocycles. The fraction of sp³-hybridized carbons (Fsp3) is 0.671. The summed E-state index contributed by atoms with van der Waals surface area (Å²) in [5, 5.41) is 9.68. The molecule has 0 aliphatic carbocycles. The van der Waals surface area contributed by atoms with Crippen molar-refractivity contribution in [1.29, 1.82) is 0 Å². The number of hydrogen-bond acceptors (Lipinski definition) is 5. The lowest BCUT2D eigenvalue weighted by Gasteiger charge is -2.15. The SMILES string of the molecule is CC/C=C\C/C=C\C/C=C\C/C=C\C/C=C\C/C=C\C/C=C\C/C=C\C/C=C\C/C=C\CCCCC(=O)OC(CO)COC(=O)CCCCCCCCCCCCCCCCCCCCC/C=C\CCCCCCCCCC. The summed E-state index contributed by atoms with van der Waals surface area (Å²) in [5.74, 6) is -0.641. The lowest BCUT2D eigenvalue weighted by Crippen LogP contribution is -2.28. The zero-order valence-electron chi connectivity index (χ0n) is 50.9. The first-order valence-corrected chi connectivity index (χ1v) is 32.7. The van der Waals surface area contributed by atoms with Gasteiger partial charge in [0.2, 0.25) is 0 Å². The van der Waals surface area contributed by atoms with Crippen LogP contribution in [0.1, 0.15) is 296 Å². The van der Waals surface area contributed by atoms with Gasteiger partial charge in [0.25, 0.3) is 0 Å². The molecule has 1 atom stereocenters. The summed E-state index contributed by atoms with van der Waals surface area (Å²) in [5.41, 5.74) is 0. The van der Waals surface area contributed by atoms with Crippen LogP contribution in [0.15, 0.2) is 134 Å². The predicted molar refractivity (Wildman–Crippen MR) is 343 cm³/mol. The van der Waals surface area contributed by atoms with Gasteiger partial charge in [0.05, 0.1) is 6.61 Å². The quantitative estimate of drug-likeness (QED) is 0.0373. The van der Waals surface area contributed by atoms with Crippen LogP contribution in [0.25, 0.3) is 0 Å². The lowest BCUT2D eigenvalue weighted by atomic mass is 10.0. The second-order valence-corrected chi connectivity index (χ2v) is 21.5. The Balaban J connectivity index is 3.58. The Kier molecular flexibility index (Phi) is 63.9. The normalized spacial score (nSPS) is 13.1. The Morgan fingerprint density at radius 3 is 0.872 bits per heavy atom. The van der Waals surface area contributed by atoms with Crippen LogP contribution < -0.4 is 0 Å². The second-order valence-electron chi connectivity index (χ2n) is 21.5. The molecule has 0 rings (SSSR count). The molecular weight excluding hydrogens is 957 g/mol. The largest absolute Gasteiger partial charge is 0.462 e. The van der Waals surface area contributed by atoms with Gasteiger partial charge in [-0.25, -0.2) is 0 Å². The third-order valence-corrected chi connectivity index (χ3v) is 13.9. The Hall–Kier alpha value is -3.96. The maximum absolute atomic E-state index is 12.3. The number of carbonyl (C=O) groups excluding carboxylic acids is 2. The van der Waals surface area contributed by atoms with Crippen LogP contribution in [0, 0.1) is 0 Å². The number of hydrogen-bond donors (Lipinski definition) is 1. The van der Waals surface area contributed by atoms with E-state index in [1.54, 1.807) is 0 Å². The van der Waals surface area contributed by atoms with Crippen molar-refractivity contribution >= 4 is 11.9 Å². The molecule has 0 amide bonds. The van der Waals surface area contributed by atoms with E-state index in [9.17, 15) is 14.7 Å². The third-order valence-electron chi connectivity index (χ3n) is 13.9. The number of carbonyl (C=O) groups is 2. The minimum absolute atomic E-state index is 0.0893. The summed E-state index contributed by atoms with van der Waals surface area (Å²) in [7, 11) is 0. The monoisotopic (exact) mass is 1080 g/mol. The van der Waals surface area contributed by atoms with Crippen molar-refractivity contribution in [3.05, 3.63) is 134 Å². The van der Waals surface area contributed by atoms with E-state index in [1.165, 1.54) is 167 Å². The number of ether oxygens (including phenoxy) is 2. The van der Waals surface area contributed by atoms with E-state index in [0.717, 1.165) is 103 Å². The fourth-order valence-corrected chi connectivity index (χ4v) is 9.05. The van der Waals surface area contributed by atoms with Crippen molar-refractivity contribution in [2.75, 3.05) is 13.2 Å². The van der Waals surface area contributed by atoms with Gasteiger partial charge in [0.15, 0.2) is 6.10 Å². The number of aliphatic hydroxyl groups is 1. The molecule has 0 saturated heterocycles. The minimum Gasteiger partial charge on any atom is -0.462 e. The molecule has 0 bridgehead atoms. The van der Waals surface area contributed by atoms with Crippen molar-refractivity contribution in [3.63, 3.8) is 0 Å². The molecule has 0 aromatic heterocycles. The van der Waals surface area contributed by atoms with Crippen LogP contribution in [0.4, 0.5) is 0 Å². The first kappa shape index (κ1) is 74.0. The van der Waals surface area contributed by atoms with Crippen LogP contribution in [0.3, 0.4) is 0 Å². The molecule has 444 valence electrons. The van der Waals surface area contributed by atoms with E-state index >= 15 is 0 Å². The average Bonchev–Trinajstić information content (AvgIpc) is 3.44. The predicted octanol–water partition coefficient (Wildman–Crippen LogP) is 22.8. The highest BCUT2D eigenvalue weighted by Gasteiger charge is 2.16. The van der Waals surface area contributed by atoms with Crippen molar-refractivity contribution < 1.29 is 24.2 Å². The minimum atomic E-state index is -0.805. The molecule has 1 unspecified atom stereocenters. The van der Waals surface area contributed by atoms with Crippen LogP contribution >= 0.6 is 0 Å². The summed E-state index contributed by atoms with van der Waals surface area (Å²) >= 11 is 0. The van der Waals surface area contributed by atoms with Gasteiger partial charge in [0, 0.05) is 12.8 Å². The molecule has 0 aromatic rings. The summed E-state index contributed by atoms with van der Waals surface area (Å²) in [6, 6.07) is 0. The lowest BCUT2D eigenvalue weighted by molar-refractivity contribution is -0.161. The van der Waals surface area contributed by atoms with E-state index in [0.29, 0.717) is 12.8 Å². The molecule has 78 heavy (non-hydrogen) atoms. The maximum atomic E-state index is 12.3. The van der Waals surface area contributed by atoms with E-state index in [1.807, 2.05) is 0 Å². The molecule has 1 N–H and O–H groups in total. The number of esters is 2. The molecule has 5 heteroatoms. The zero-order valence-corrected chi connectivity index (χ0v) is 50.9. The summed E-state index contributed by atoms with van der Waals surface area (Å²) in [6.07, 6.45) is 100. The molecule has 0 aliphatic rings. The van der Waals surface area contributed by atoms with Crippen molar-refractivity contribution in [3.8, 4) is 0 Å². The van der Waals surface area contributed by atoms with Crippen LogP contribution in [0.5, 0.6) is 0 Å². The second kappa shape index (κ2) is 67.3. The number of rotatable bonds is 59. The topological polar surface area (TPSA) is 72.8 Å². The van der Waals surface area contributed by atoms with Gasteiger partial charge < -0.3 is 14.6 Å². The summed E-state index contributed by atoms with van der Waals surface area (Å²) in [6.45, 7) is 4.01. The third kappa shape index (κ3) is 64.6. The van der Waals surface area contributed by atoms with Gasteiger partial charge in [0.1, 0.15) is 6.61 Å². The number of unbranched alkanes of at least 4 members (excludes halogenated alkanes) is 29. The number of allylic oxidation sites excluding steroid dienone is 22. The zero-order chi connectivity index (χ0) is 56.2. The highest BCUT2D eigenvalue weighted by Crippen LogP contribution is 2.16. The maximum Gasteiger partial charge on any atom is 0.306 e. The highest BCUT2D eigenvalue weighted by atomic mass is 16.6. The molecule has 0 fully saturated rings. The first-order valence-electron chi connectivity index (χ1n) is 32.7. The molecule has 0 radical (unpaired) electrons. The van der Waals surface area contributed by atoms with E-state index in [-0.39, 0.29) is 25.2 Å². The Labute approximate surface area is 483 Å². The van der Waals surface area contributed by atoms with Crippen molar-refractivity contribution in [1.82, 2.24) is 0 Å². The van der Waals surface area contributed by atoms with Gasteiger partial charge in [-0.1, -0.05) is 302 Å². The average molecular weight is 1080 g/mol. The fourth-order valence-electron chi connectivity index (χ4n) is 9.05. The van der Waals surface area contributed by atoms with Crippen LogP contribution in [-0.4, -0.2) is 36.4 Å². The van der Waals surface area contributed by atoms with Gasteiger partial charge in [-0.05, 0) is 116 Å². The summed E-state index contributed by atoms with van der Waals surface area (Å²) < 4.78 is 10.7. The molecule has 0 aliphatic heterocycles. The van der Waals surface area contributed by atoms with Gasteiger partial charge in [-0.15, -0.1) is 0 Å². The van der Waals surface area contributed by atoms with Crippen LogP contribution in [0.2, 0.25) is 0 Å². The molecule has 0 spiro atoms. The Bertz CT molecular complexity index is 1600. The van der Waals surface area contributed by atoms with Crippen molar-refractivity contribution in [2.24, 2.45) is 0 Å². The Morgan fingerprint density at radius 2 is 0.551 bits per heavy atom. The molecule has 0 saturated carbocycles. The van der Waals surface area contributed by atoms with Crippen LogP contribution in [-0.2, 0) is 19.1 Å².